The summed E-state index contributed by atoms with van der Waals surface area (Å²) < 4.78 is 0. The molecular formula is C17H18N2O. The Kier molecular flexibility index (Phi) is 1.97. The van der Waals surface area contributed by atoms with Gasteiger partial charge in [-0.1, -0.05) is 32.9 Å². The molecule has 1 fully saturated rings. The second kappa shape index (κ2) is 3.27. The molecule has 102 valence electrons. The maximum absolute atomic E-state index is 12.0. The molecule has 0 amide bonds. The minimum Gasteiger partial charge on any atom is -0.302 e. The van der Waals surface area contributed by atoms with Gasteiger partial charge in [-0.2, -0.15) is 0 Å². The van der Waals surface area contributed by atoms with Crippen LogP contribution in [-0.2, 0) is 15.6 Å². The fourth-order valence-corrected chi connectivity index (χ4v) is 4.35. The number of para-hydroxylation sites is 2. The number of rotatable bonds is 1. The van der Waals surface area contributed by atoms with Crippen LogP contribution >= 0.6 is 0 Å². The van der Waals surface area contributed by atoms with Crippen LogP contribution in [0.15, 0.2) is 24.3 Å². The Labute approximate surface area is 118 Å². The van der Waals surface area contributed by atoms with Gasteiger partial charge in [0.05, 0.1) is 27.8 Å². The lowest BCUT2D eigenvalue weighted by atomic mass is 9.64. The van der Waals surface area contributed by atoms with Gasteiger partial charge >= 0.3 is 0 Å². The first-order valence-corrected chi connectivity index (χ1v) is 7.20. The summed E-state index contributed by atoms with van der Waals surface area (Å²) in [5, 5.41) is 0. The Morgan fingerprint density at radius 1 is 1.00 bits per heavy atom. The SMILES string of the molecule is CC1(C)[C@@]2(C=O)CC[C@]1(C)c1nc3ccccc3nc12. The molecule has 1 heterocycles. The van der Waals surface area contributed by atoms with Crippen LogP contribution in [0.1, 0.15) is 45.0 Å². The van der Waals surface area contributed by atoms with Gasteiger partial charge < -0.3 is 4.79 Å². The molecule has 0 spiro atoms. The van der Waals surface area contributed by atoms with Crippen LogP contribution in [0.5, 0.6) is 0 Å². The number of fused-ring (bicyclic) bond motifs is 6. The highest BCUT2D eigenvalue weighted by molar-refractivity contribution is 5.80. The van der Waals surface area contributed by atoms with Crippen molar-refractivity contribution in [3.05, 3.63) is 35.7 Å². The Morgan fingerprint density at radius 3 is 2.20 bits per heavy atom. The number of carbonyl (C=O) groups is 1. The number of benzene rings is 1. The van der Waals surface area contributed by atoms with Gasteiger partial charge in [-0.05, 0) is 30.4 Å². The van der Waals surface area contributed by atoms with E-state index in [1.807, 2.05) is 24.3 Å². The average Bonchev–Trinajstić information content (AvgIpc) is 2.74. The Balaban J connectivity index is 2.15. The summed E-state index contributed by atoms with van der Waals surface area (Å²) in [4.78, 5) is 21.7. The molecule has 1 saturated carbocycles. The van der Waals surface area contributed by atoms with Crippen LogP contribution in [0, 0.1) is 5.41 Å². The van der Waals surface area contributed by atoms with Gasteiger partial charge in [0.25, 0.3) is 0 Å². The molecular weight excluding hydrogens is 248 g/mol. The van der Waals surface area contributed by atoms with Gasteiger partial charge in [0.2, 0.25) is 0 Å². The van der Waals surface area contributed by atoms with Crippen LogP contribution < -0.4 is 0 Å². The molecule has 0 radical (unpaired) electrons. The summed E-state index contributed by atoms with van der Waals surface area (Å²) >= 11 is 0. The molecule has 2 atom stereocenters. The molecule has 1 aromatic heterocycles. The van der Waals surface area contributed by atoms with E-state index < -0.39 is 5.41 Å². The lowest BCUT2D eigenvalue weighted by Gasteiger charge is -2.37. The number of nitrogens with zero attached hydrogens (tertiary/aromatic N) is 2. The third-order valence-corrected chi connectivity index (χ3v) is 6.23. The zero-order valence-corrected chi connectivity index (χ0v) is 12.1. The van der Waals surface area contributed by atoms with Crippen molar-refractivity contribution in [2.45, 2.75) is 44.4 Å². The number of aromatic nitrogens is 2. The first-order valence-electron chi connectivity index (χ1n) is 7.20. The number of aldehydes is 1. The van der Waals surface area contributed by atoms with E-state index in [0.29, 0.717) is 0 Å². The van der Waals surface area contributed by atoms with Gasteiger partial charge in [-0.15, -0.1) is 0 Å². The largest absolute Gasteiger partial charge is 0.302 e. The van der Waals surface area contributed by atoms with E-state index in [4.69, 9.17) is 9.97 Å². The minimum absolute atomic E-state index is 0.0553. The highest BCUT2D eigenvalue weighted by Gasteiger charge is 2.70. The molecule has 2 aliphatic rings. The summed E-state index contributed by atoms with van der Waals surface area (Å²) in [6.45, 7) is 6.64. The second-order valence-electron chi connectivity index (χ2n) is 6.96. The van der Waals surface area contributed by atoms with E-state index in [-0.39, 0.29) is 10.8 Å². The first-order chi connectivity index (χ1) is 9.46. The summed E-state index contributed by atoms with van der Waals surface area (Å²) in [7, 11) is 0. The van der Waals surface area contributed by atoms with Gasteiger partial charge in [-0.25, -0.2) is 9.97 Å². The van der Waals surface area contributed by atoms with Crippen molar-refractivity contribution in [1.29, 1.82) is 0 Å². The Hall–Kier alpha value is -1.77. The minimum atomic E-state index is -0.464. The number of carbonyl (C=O) groups excluding carboxylic acids is 1. The molecule has 3 nitrogen and oxygen atoms in total. The smallest absolute Gasteiger partial charge is 0.132 e. The lowest BCUT2D eigenvalue weighted by molar-refractivity contribution is -0.115. The Morgan fingerprint density at radius 2 is 1.60 bits per heavy atom. The van der Waals surface area contributed by atoms with Crippen LogP contribution in [0.3, 0.4) is 0 Å². The van der Waals surface area contributed by atoms with Crippen LogP contribution in [0.4, 0.5) is 0 Å². The zero-order chi connectivity index (χ0) is 14.2. The molecule has 0 saturated heterocycles. The molecule has 1 aromatic carbocycles. The van der Waals surface area contributed by atoms with Crippen LogP contribution in [0.25, 0.3) is 11.0 Å². The average molecular weight is 266 g/mol. The summed E-state index contributed by atoms with van der Waals surface area (Å²) in [5.74, 6) is 0. The van der Waals surface area contributed by atoms with Gasteiger partial charge in [0.15, 0.2) is 0 Å². The predicted octanol–water partition coefficient (Wildman–Crippen LogP) is 3.16. The molecule has 4 rings (SSSR count). The first kappa shape index (κ1) is 12.0. The van der Waals surface area contributed by atoms with E-state index >= 15 is 0 Å². The van der Waals surface area contributed by atoms with Gasteiger partial charge in [0.1, 0.15) is 6.29 Å². The molecule has 0 aliphatic heterocycles. The van der Waals surface area contributed by atoms with Crippen molar-refractivity contribution in [3.63, 3.8) is 0 Å². The standard InChI is InChI=1S/C17H18N2O/c1-15(2)16(3)8-9-17(15,10-20)14-13(16)18-11-6-4-5-7-12(11)19-14/h4-7,10H,8-9H2,1-3H3/t16-,17-/m1/s1. The van der Waals surface area contributed by atoms with Crippen LogP contribution in [0.2, 0.25) is 0 Å². The van der Waals surface area contributed by atoms with Crippen molar-refractivity contribution < 1.29 is 4.79 Å². The number of hydrogen-bond acceptors (Lipinski definition) is 3. The van der Waals surface area contributed by atoms with Crippen molar-refractivity contribution in [2.24, 2.45) is 5.41 Å². The van der Waals surface area contributed by atoms with E-state index in [1.54, 1.807) is 0 Å². The molecule has 0 unspecified atom stereocenters. The highest BCUT2D eigenvalue weighted by atomic mass is 16.1. The van der Waals surface area contributed by atoms with Crippen molar-refractivity contribution in [1.82, 2.24) is 9.97 Å². The second-order valence-corrected chi connectivity index (χ2v) is 6.96. The fraction of sp³-hybridized carbons (Fsp3) is 0.471. The maximum Gasteiger partial charge on any atom is 0.132 e. The fourth-order valence-electron chi connectivity index (χ4n) is 4.35. The topological polar surface area (TPSA) is 42.9 Å². The molecule has 2 bridgehead atoms. The van der Waals surface area contributed by atoms with Gasteiger partial charge in [0, 0.05) is 5.41 Å². The maximum atomic E-state index is 12.0. The molecule has 2 aromatic rings. The molecule has 0 N–H and O–H groups in total. The van der Waals surface area contributed by atoms with E-state index in [9.17, 15) is 4.79 Å². The molecule has 3 heteroatoms. The summed E-state index contributed by atoms with van der Waals surface area (Å²) in [6, 6.07) is 7.93. The van der Waals surface area contributed by atoms with Crippen molar-refractivity contribution >= 4 is 17.3 Å². The lowest BCUT2D eigenvalue weighted by Crippen LogP contribution is -2.41. The Bertz CT molecular complexity index is 752. The van der Waals surface area contributed by atoms with Crippen molar-refractivity contribution in [2.75, 3.05) is 0 Å². The third kappa shape index (κ3) is 1.00. The zero-order valence-electron chi connectivity index (χ0n) is 12.1. The van der Waals surface area contributed by atoms with Gasteiger partial charge in [-0.3, -0.25) is 0 Å². The number of hydrogen-bond donors (Lipinski definition) is 0. The summed E-state index contributed by atoms with van der Waals surface area (Å²) in [5.41, 5.74) is 3.14. The van der Waals surface area contributed by atoms with E-state index in [2.05, 4.69) is 20.8 Å². The van der Waals surface area contributed by atoms with Crippen molar-refractivity contribution in [3.8, 4) is 0 Å². The monoisotopic (exact) mass is 266 g/mol. The summed E-state index contributed by atoms with van der Waals surface area (Å²) in [6.07, 6.45) is 3.03. The van der Waals surface area contributed by atoms with E-state index in [0.717, 1.165) is 41.5 Å². The quantitative estimate of drug-likeness (QED) is 0.745. The van der Waals surface area contributed by atoms with Crippen LogP contribution in [-0.4, -0.2) is 16.3 Å². The normalized spacial score (nSPS) is 33.4. The predicted molar refractivity (Wildman–Crippen MR) is 77.6 cm³/mol. The molecule has 2 aliphatic carbocycles. The molecule has 20 heavy (non-hydrogen) atoms. The third-order valence-electron chi connectivity index (χ3n) is 6.23. The highest BCUT2D eigenvalue weighted by Crippen LogP contribution is 2.69. The van der Waals surface area contributed by atoms with E-state index in [1.165, 1.54) is 0 Å².